The molecule has 1 unspecified atom stereocenters. The van der Waals surface area contributed by atoms with E-state index in [0.29, 0.717) is 0 Å². The lowest BCUT2D eigenvalue weighted by Gasteiger charge is -2.16. The summed E-state index contributed by atoms with van der Waals surface area (Å²) < 4.78 is 0. The molecule has 1 aliphatic rings. The number of nitrogens with one attached hydrogen (secondary N) is 1. The number of likely N-dealkylation sites (tertiary alicyclic amines) is 1. The standard InChI is InChI=1S/C16H26N2/c1-14(2)10-17-11-16-8-9-18(13-16)12-15-6-4-3-5-7-15/h3-7,14,16-17H,8-13H2,1-2H3. The smallest absolute Gasteiger partial charge is 0.0233 e. The first-order valence-corrected chi connectivity index (χ1v) is 7.21. The molecule has 0 bridgehead atoms. The van der Waals surface area contributed by atoms with Gasteiger partial charge in [0.1, 0.15) is 0 Å². The van der Waals surface area contributed by atoms with E-state index in [1.807, 2.05) is 0 Å². The zero-order chi connectivity index (χ0) is 12.8. The Kier molecular flexibility index (Phi) is 5.21. The molecule has 100 valence electrons. The van der Waals surface area contributed by atoms with Crippen molar-refractivity contribution in [1.82, 2.24) is 10.2 Å². The Hall–Kier alpha value is -0.860. The zero-order valence-corrected chi connectivity index (χ0v) is 11.7. The molecule has 2 heteroatoms. The first-order valence-electron chi connectivity index (χ1n) is 7.21. The lowest BCUT2D eigenvalue weighted by atomic mass is 10.1. The van der Waals surface area contributed by atoms with Gasteiger partial charge < -0.3 is 5.32 Å². The van der Waals surface area contributed by atoms with Crippen LogP contribution >= 0.6 is 0 Å². The normalized spacial score (nSPS) is 20.7. The fourth-order valence-corrected chi connectivity index (χ4v) is 2.64. The average molecular weight is 246 g/mol. The molecule has 1 atom stereocenters. The van der Waals surface area contributed by atoms with E-state index < -0.39 is 0 Å². The van der Waals surface area contributed by atoms with Crippen molar-refractivity contribution in [2.75, 3.05) is 26.2 Å². The molecule has 2 nitrogen and oxygen atoms in total. The minimum Gasteiger partial charge on any atom is -0.316 e. The van der Waals surface area contributed by atoms with Gasteiger partial charge in [-0.2, -0.15) is 0 Å². The third-order valence-corrected chi connectivity index (χ3v) is 3.60. The average Bonchev–Trinajstić information content (AvgIpc) is 2.78. The van der Waals surface area contributed by atoms with Gasteiger partial charge >= 0.3 is 0 Å². The van der Waals surface area contributed by atoms with Crippen molar-refractivity contribution in [1.29, 1.82) is 0 Å². The van der Waals surface area contributed by atoms with Gasteiger partial charge in [-0.3, -0.25) is 4.90 Å². The quantitative estimate of drug-likeness (QED) is 0.830. The lowest BCUT2D eigenvalue weighted by molar-refractivity contribution is 0.313. The fraction of sp³-hybridized carbons (Fsp3) is 0.625. The maximum absolute atomic E-state index is 3.58. The van der Waals surface area contributed by atoms with E-state index in [2.05, 4.69) is 54.4 Å². The Balaban J connectivity index is 1.69. The van der Waals surface area contributed by atoms with Crippen molar-refractivity contribution in [2.45, 2.75) is 26.8 Å². The molecule has 0 aromatic heterocycles. The van der Waals surface area contributed by atoms with Crippen molar-refractivity contribution in [3.63, 3.8) is 0 Å². The Morgan fingerprint density at radius 3 is 2.78 bits per heavy atom. The van der Waals surface area contributed by atoms with E-state index in [0.717, 1.165) is 24.9 Å². The highest BCUT2D eigenvalue weighted by molar-refractivity contribution is 5.14. The molecule has 0 saturated carbocycles. The number of hydrogen-bond donors (Lipinski definition) is 1. The van der Waals surface area contributed by atoms with Crippen LogP contribution in [-0.4, -0.2) is 31.1 Å². The molecule has 0 amide bonds. The van der Waals surface area contributed by atoms with Crippen LogP contribution in [0.15, 0.2) is 30.3 Å². The molecular weight excluding hydrogens is 220 g/mol. The molecule has 1 saturated heterocycles. The topological polar surface area (TPSA) is 15.3 Å². The molecule has 1 heterocycles. The Morgan fingerprint density at radius 2 is 2.06 bits per heavy atom. The summed E-state index contributed by atoms with van der Waals surface area (Å²) in [5.74, 6) is 1.60. The molecule has 1 fully saturated rings. The summed E-state index contributed by atoms with van der Waals surface area (Å²) >= 11 is 0. The molecule has 2 rings (SSSR count). The van der Waals surface area contributed by atoms with Gasteiger partial charge in [0.15, 0.2) is 0 Å². The van der Waals surface area contributed by atoms with Gasteiger partial charge in [-0.25, -0.2) is 0 Å². The van der Waals surface area contributed by atoms with Crippen LogP contribution in [0.3, 0.4) is 0 Å². The van der Waals surface area contributed by atoms with Gasteiger partial charge in [-0.05, 0) is 43.5 Å². The van der Waals surface area contributed by atoms with Crippen LogP contribution in [0.4, 0.5) is 0 Å². The second kappa shape index (κ2) is 6.91. The zero-order valence-electron chi connectivity index (χ0n) is 11.7. The highest BCUT2D eigenvalue weighted by Gasteiger charge is 2.21. The highest BCUT2D eigenvalue weighted by Crippen LogP contribution is 2.17. The summed E-state index contributed by atoms with van der Waals surface area (Å²) in [6.07, 6.45) is 1.35. The van der Waals surface area contributed by atoms with E-state index in [1.165, 1.54) is 31.6 Å². The van der Waals surface area contributed by atoms with Gasteiger partial charge in [-0.15, -0.1) is 0 Å². The summed E-state index contributed by atoms with van der Waals surface area (Å²) in [5, 5.41) is 3.58. The van der Waals surface area contributed by atoms with Gasteiger partial charge in [0.05, 0.1) is 0 Å². The highest BCUT2D eigenvalue weighted by atomic mass is 15.1. The summed E-state index contributed by atoms with van der Waals surface area (Å²) in [7, 11) is 0. The number of nitrogens with zero attached hydrogens (tertiary/aromatic N) is 1. The molecule has 18 heavy (non-hydrogen) atoms. The molecular formula is C16H26N2. The minimum absolute atomic E-state index is 0.756. The van der Waals surface area contributed by atoms with Crippen LogP contribution in [0.2, 0.25) is 0 Å². The van der Waals surface area contributed by atoms with E-state index in [9.17, 15) is 0 Å². The van der Waals surface area contributed by atoms with Crippen LogP contribution in [0.5, 0.6) is 0 Å². The van der Waals surface area contributed by atoms with Crippen LogP contribution in [0.25, 0.3) is 0 Å². The van der Waals surface area contributed by atoms with Crippen molar-refractivity contribution in [3.8, 4) is 0 Å². The van der Waals surface area contributed by atoms with Gasteiger partial charge in [0.25, 0.3) is 0 Å². The third-order valence-electron chi connectivity index (χ3n) is 3.60. The summed E-state index contributed by atoms with van der Waals surface area (Å²) in [5.41, 5.74) is 1.44. The molecule has 0 radical (unpaired) electrons. The van der Waals surface area contributed by atoms with Gasteiger partial charge in [0.2, 0.25) is 0 Å². The molecule has 1 aromatic rings. The Morgan fingerprint density at radius 1 is 1.28 bits per heavy atom. The number of benzene rings is 1. The Bertz CT molecular complexity index is 334. The summed E-state index contributed by atoms with van der Waals surface area (Å²) in [4.78, 5) is 2.58. The second-order valence-electron chi connectivity index (χ2n) is 5.93. The SMILES string of the molecule is CC(C)CNCC1CCN(Cc2ccccc2)C1. The summed E-state index contributed by atoms with van der Waals surface area (Å²) in [6.45, 7) is 10.5. The van der Waals surface area contributed by atoms with Crippen LogP contribution in [0.1, 0.15) is 25.8 Å². The second-order valence-corrected chi connectivity index (χ2v) is 5.93. The molecule has 1 aliphatic heterocycles. The predicted molar refractivity (Wildman–Crippen MR) is 77.5 cm³/mol. The maximum Gasteiger partial charge on any atom is 0.0233 e. The first kappa shape index (κ1) is 13.6. The van der Waals surface area contributed by atoms with E-state index in [1.54, 1.807) is 0 Å². The van der Waals surface area contributed by atoms with Crippen molar-refractivity contribution >= 4 is 0 Å². The van der Waals surface area contributed by atoms with E-state index in [-0.39, 0.29) is 0 Å². The number of hydrogen-bond acceptors (Lipinski definition) is 2. The molecule has 1 N–H and O–H groups in total. The van der Waals surface area contributed by atoms with Gasteiger partial charge in [-0.1, -0.05) is 44.2 Å². The van der Waals surface area contributed by atoms with Crippen LogP contribution in [0, 0.1) is 11.8 Å². The molecule has 1 aromatic carbocycles. The molecule has 0 aliphatic carbocycles. The van der Waals surface area contributed by atoms with Crippen molar-refractivity contribution in [3.05, 3.63) is 35.9 Å². The van der Waals surface area contributed by atoms with E-state index in [4.69, 9.17) is 0 Å². The minimum atomic E-state index is 0.756. The van der Waals surface area contributed by atoms with E-state index >= 15 is 0 Å². The third kappa shape index (κ3) is 4.43. The Labute approximate surface area is 111 Å². The largest absolute Gasteiger partial charge is 0.316 e. The van der Waals surface area contributed by atoms with Crippen molar-refractivity contribution in [2.24, 2.45) is 11.8 Å². The monoisotopic (exact) mass is 246 g/mol. The molecule has 0 spiro atoms. The predicted octanol–water partition coefficient (Wildman–Crippen LogP) is 2.75. The van der Waals surface area contributed by atoms with Crippen LogP contribution in [-0.2, 0) is 6.54 Å². The van der Waals surface area contributed by atoms with Crippen LogP contribution < -0.4 is 5.32 Å². The fourth-order valence-electron chi connectivity index (χ4n) is 2.64. The summed E-state index contributed by atoms with van der Waals surface area (Å²) in [6, 6.07) is 10.8. The lowest BCUT2D eigenvalue weighted by Crippen LogP contribution is -2.28. The van der Waals surface area contributed by atoms with Gasteiger partial charge in [0, 0.05) is 13.1 Å². The number of rotatable bonds is 6. The van der Waals surface area contributed by atoms with Crippen molar-refractivity contribution < 1.29 is 0 Å². The maximum atomic E-state index is 3.58. The first-order chi connectivity index (χ1) is 8.74.